The van der Waals surface area contributed by atoms with Crippen LogP contribution >= 0.6 is 0 Å². The molecule has 174 valence electrons. The standard InChI is InChI=1S/C28H29N3O3/c1-19-10-12-20(13-11-19)30-27(32)16-21-17-29-14-15-31(21)28(33)34-18-26-24-8-4-2-6-22(24)23-7-3-5-9-25(23)26/h2-13,21,26,29H,14-18H2,1H3,(H,30,32). The summed E-state index contributed by atoms with van der Waals surface area (Å²) in [5.41, 5.74) is 6.67. The first kappa shape index (κ1) is 22.2. The smallest absolute Gasteiger partial charge is 0.410 e. The molecule has 34 heavy (non-hydrogen) atoms. The van der Waals surface area contributed by atoms with E-state index in [1.807, 2.05) is 55.5 Å². The van der Waals surface area contributed by atoms with Crippen LogP contribution in [0.25, 0.3) is 11.1 Å². The molecule has 1 aliphatic carbocycles. The Bertz CT molecular complexity index is 1150. The van der Waals surface area contributed by atoms with Crippen LogP contribution in [-0.4, -0.2) is 49.2 Å². The van der Waals surface area contributed by atoms with Gasteiger partial charge in [-0.2, -0.15) is 0 Å². The molecule has 0 aromatic heterocycles. The molecule has 3 aromatic carbocycles. The third-order valence-electron chi connectivity index (χ3n) is 6.68. The molecule has 1 atom stereocenters. The van der Waals surface area contributed by atoms with Crippen molar-refractivity contribution in [3.63, 3.8) is 0 Å². The SMILES string of the molecule is Cc1ccc(NC(=O)CC2CNCCN2C(=O)OCC2c3ccccc3-c3ccccc32)cc1. The van der Waals surface area contributed by atoms with Crippen molar-refractivity contribution < 1.29 is 14.3 Å². The van der Waals surface area contributed by atoms with E-state index < -0.39 is 0 Å². The van der Waals surface area contributed by atoms with Gasteiger partial charge in [-0.3, -0.25) is 4.79 Å². The Morgan fingerprint density at radius 1 is 0.971 bits per heavy atom. The highest BCUT2D eigenvalue weighted by atomic mass is 16.6. The highest BCUT2D eigenvalue weighted by Crippen LogP contribution is 2.44. The van der Waals surface area contributed by atoms with E-state index in [0.717, 1.165) is 11.3 Å². The lowest BCUT2D eigenvalue weighted by Crippen LogP contribution is -2.54. The third-order valence-corrected chi connectivity index (χ3v) is 6.68. The number of hydrogen-bond donors (Lipinski definition) is 2. The molecule has 1 aliphatic heterocycles. The maximum absolute atomic E-state index is 13.1. The summed E-state index contributed by atoms with van der Waals surface area (Å²) in [6, 6.07) is 24.0. The minimum absolute atomic E-state index is 0.0163. The molecular formula is C28H29N3O3. The number of nitrogens with zero attached hydrogens (tertiary/aromatic N) is 1. The van der Waals surface area contributed by atoms with Gasteiger partial charge in [-0.15, -0.1) is 0 Å². The van der Waals surface area contributed by atoms with Crippen molar-refractivity contribution in [3.05, 3.63) is 89.5 Å². The lowest BCUT2D eigenvalue weighted by Gasteiger charge is -2.35. The zero-order valence-electron chi connectivity index (χ0n) is 19.3. The van der Waals surface area contributed by atoms with Crippen molar-refractivity contribution >= 4 is 17.7 Å². The molecule has 2 N–H and O–H groups in total. The quantitative estimate of drug-likeness (QED) is 0.592. The van der Waals surface area contributed by atoms with E-state index in [2.05, 4.69) is 34.9 Å². The van der Waals surface area contributed by atoms with E-state index in [1.165, 1.54) is 22.3 Å². The van der Waals surface area contributed by atoms with E-state index in [1.54, 1.807) is 4.90 Å². The van der Waals surface area contributed by atoms with E-state index in [4.69, 9.17) is 4.74 Å². The Hall–Kier alpha value is -3.64. The lowest BCUT2D eigenvalue weighted by atomic mass is 9.98. The topological polar surface area (TPSA) is 70.7 Å². The fraction of sp³-hybridized carbons (Fsp3) is 0.286. The third kappa shape index (κ3) is 4.54. The van der Waals surface area contributed by atoms with E-state index >= 15 is 0 Å². The molecule has 1 unspecified atom stereocenters. The normalized spacial score (nSPS) is 17.1. The highest BCUT2D eigenvalue weighted by molar-refractivity contribution is 5.91. The largest absolute Gasteiger partial charge is 0.448 e. The van der Waals surface area contributed by atoms with Crippen LogP contribution in [0.1, 0.15) is 29.0 Å². The molecule has 5 rings (SSSR count). The van der Waals surface area contributed by atoms with Crippen LogP contribution < -0.4 is 10.6 Å². The molecule has 3 aromatic rings. The number of ether oxygens (including phenoxy) is 1. The summed E-state index contributed by atoms with van der Waals surface area (Å²) >= 11 is 0. The number of anilines is 1. The Labute approximate surface area is 199 Å². The number of nitrogens with one attached hydrogen (secondary N) is 2. The van der Waals surface area contributed by atoms with Gasteiger partial charge in [0, 0.05) is 37.7 Å². The van der Waals surface area contributed by atoms with Gasteiger partial charge in [0.15, 0.2) is 0 Å². The van der Waals surface area contributed by atoms with Crippen molar-refractivity contribution in [2.75, 3.05) is 31.6 Å². The van der Waals surface area contributed by atoms with Crippen molar-refractivity contribution in [1.82, 2.24) is 10.2 Å². The molecule has 1 saturated heterocycles. The first-order valence-corrected chi connectivity index (χ1v) is 11.8. The minimum Gasteiger partial charge on any atom is -0.448 e. The maximum Gasteiger partial charge on any atom is 0.410 e. The highest BCUT2D eigenvalue weighted by Gasteiger charge is 2.32. The predicted molar refractivity (Wildman–Crippen MR) is 133 cm³/mol. The summed E-state index contributed by atoms with van der Waals surface area (Å²) in [4.78, 5) is 27.5. The molecule has 2 aliphatic rings. The van der Waals surface area contributed by atoms with Crippen LogP contribution in [0, 0.1) is 6.92 Å². The van der Waals surface area contributed by atoms with Gasteiger partial charge >= 0.3 is 6.09 Å². The fourth-order valence-electron chi connectivity index (χ4n) is 4.92. The molecule has 1 heterocycles. The van der Waals surface area contributed by atoms with Crippen LogP contribution in [-0.2, 0) is 9.53 Å². The minimum atomic E-state index is -0.364. The molecule has 2 amide bonds. The number of hydrogen-bond acceptors (Lipinski definition) is 4. The van der Waals surface area contributed by atoms with Gasteiger partial charge in [0.25, 0.3) is 0 Å². The number of carbonyl (C=O) groups excluding carboxylic acids is 2. The van der Waals surface area contributed by atoms with Gasteiger partial charge in [0.05, 0.1) is 6.04 Å². The number of fused-ring (bicyclic) bond motifs is 3. The van der Waals surface area contributed by atoms with Crippen molar-refractivity contribution in [3.8, 4) is 11.1 Å². The Kier molecular flexibility index (Phi) is 6.32. The summed E-state index contributed by atoms with van der Waals surface area (Å²) in [7, 11) is 0. The summed E-state index contributed by atoms with van der Waals surface area (Å²) in [5, 5.41) is 6.22. The van der Waals surface area contributed by atoms with Crippen LogP contribution in [0.2, 0.25) is 0 Å². The summed E-state index contributed by atoms with van der Waals surface area (Å²) in [5.74, 6) is -0.100. The van der Waals surface area contributed by atoms with E-state index in [0.29, 0.717) is 19.6 Å². The van der Waals surface area contributed by atoms with Crippen molar-refractivity contribution in [2.24, 2.45) is 0 Å². The summed E-state index contributed by atoms with van der Waals surface area (Å²) in [6.45, 7) is 4.04. The molecule has 6 nitrogen and oxygen atoms in total. The second kappa shape index (κ2) is 9.69. The number of amides is 2. The Balaban J connectivity index is 1.24. The fourth-order valence-corrected chi connectivity index (χ4v) is 4.92. The Morgan fingerprint density at radius 3 is 2.29 bits per heavy atom. The van der Waals surface area contributed by atoms with Crippen LogP contribution in [0.3, 0.4) is 0 Å². The van der Waals surface area contributed by atoms with Crippen LogP contribution in [0.5, 0.6) is 0 Å². The lowest BCUT2D eigenvalue weighted by molar-refractivity contribution is -0.117. The van der Waals surface area contributed by atoms with Gasteiger partial charge in [-0.25, -0.2) is 4.79 Å². The zero-order valence-corrected chi connectivity index (χ0v) is 19.3. The molecule has 6 heteroatoms. The molecule has 0 bridgehead atoms. The van der Waals surface area contributed by atoms with Gasteiger partial charge < -0.3 is 20.3 Å². The van der Waals surface area contributed by atoms with Crippen LogP contribution in [0.4, 0.5) is 10.5 Å². The molecular weight excluding hydrogens is 426 g/mol. The molecule has 0 spiro atoms. The Morgan fingerprint density at radius 2 is 1.62 bits per heavy atom. The molecule has 1 fully saturated rings. The zero-order chi connectivity index (χ0) is 23.5. The van der Waals surface area contributed by atoms with Gasteiger partial charge in [-0.05, 0) is 41.3 Å². The second-order valence-electron chi connectivity index (χ2n) is 8.97. The van der Waals surface area contributed by atoms with Crippen LogP contribution in [0.15, 0.2) is 72.8 Å². The number of aryl methyl sites for hydroxylation is 1. The maximum atomic E-state index is 13.1. The molecule has 0 radical (unpaired) electrons. The number of piperazine rings is 1. The summed E-state index contributed by atoms with van der Waals surface area (Å²) < 4.78 is 5.85. The predicted octanol–water partition coefficient (Wildman–Crippen LogP) is 4.55. The number of rotatable bonds is 5. The first-order chi connectivity index (χ1) is 16.6. The summed E-state index contributed by atoms with van der Waals surface area (Å²) in [6.07, 6.45) is -0.151. The van der Waals surface area contributed by atoms with Crippen molar-refractivity contribution in [1.29, 1.82) is 0 Å². The monoisotopic (exact) mass is 455 g/mol. The van der Waals surface area contributed by atoms with Gasteiger partial charge in [0.2, 0.25) is 5.91 Å². The average molecular weight is 456 g/mol. The van der Waals surface area contributed by atoms with E-state index in [9.17, 15) is 9.59 Å². The molecule has 0 saturated carbocycles. The second-order valence-corrected chi connectivity index (χ2v) is 8.97. The van der Waals surface area contributed by atoms with Gasteiger partial charge in [0.1, 0.15) is 6.61 Å². The van der Waals surface area contributed by atoms with Gasteiger partial charge in [-0.1, -0.05) is 66.2 Å². The van der Waals surface area contributed by atoms with E-state index in [-0.39, 0.29) is 37.0 Å². The average Bonchev–Trinajstić information content (AvgIpc) is 3.18. The number of carbonyl (C=O) groups is 2. The number of benzene rings is 3. The van der Waals surface area contributed by atoms with Crippen molar-refractivity contribution in [2.45, 2.75) is 25.3 Å². The first-order valence-electron chi connectivity index (χ1n) is 11.8.